The number of hydrogen-bond acceptors (Lipinski definition) is 5. The summed E-state index contributed by atoms with van der Waals surface area (Å²) in [5, 5.41) is 9.67. The highest BCUT2D eigenvalue weighted by molar-refractivity contribution is 5.87. The van der Waals surface area contributed by atoms with Gasteiger partial charge in [0.2, 0.25) is 5.75 Å². The lowest BCUT2D eigenvalue weighted by molar-refractivity contribution is -0.134. The normalized spacial score (nSPS) is 10.3. The Labute approximate surface area is 99.2 Å². The third-order valence-electron chi connectivity index (χ3n) is 2.12. The largest absolute Gasteiger partial charge is 0.502 e. The second-order valence-electron chi connectivity index (χ2n) is 3.13. The Morgan fingerprint density at radius 2 is 1.71 bits per heavy atom. The molecule has 0 amide bonds. The monoisotopic (exact) mass is 238 g/mol. The predicted molar refractivity (Wildman–Crippen MR) is 62.3 cm³/mol. The van der Waals surface area contributed by atoms with Crippen molar-refractivity contribution in [3.05, 3.63) is 23.8 Å². The fourth-order valence-electron chi connectivity index (χ4n) is 1.24. The molecule has 0 atom stereocenters. The molecule has 17 heavy (non-hydrogen) atoms. The molecule has 0 radical (unpaired) electrons. The lowest BCUT2D eigenvalue weighted by atomic mass is 10.1. The quantitative estimate of drug-likeness (QED) is 0.637. The minimum Gasteiger partial charge on any atom is -0.502 e. The van der Waals surface area contributed by atoms with E-state index in [0.29, 0.717) is 5.56 Å². The van der Waals surface area contributed by atoms with Crippen molar-refractivity contribution in [1.82, 2.24) is 0 Å². The van der Waals surface area contributed by atoms with Gasteiger partial charge >= 0.3 is 5.97 Å². The van der Waals surface area contributed by atoms with Crippen molar-refractivity contribution in [1.29, 1.82) is 0 Å². The van der Waals surface area contributed by atoms with Gasteiger partial charge in [-0.2, -0.15) is 0 Å². The first-order valence-corrected chi connectivity index (χ1v) is 4.83. The lowest BCUT2D eigenvalue weighted by Crippen LogP contribution is -1.94. The van der Waals surface area contributed by atoms with E-state index in [2.05, 4.69) is 4.74 Å². The van der Waals surface area contributed by atoms with Crippen molar-refractivity contribution in [3.8, 4) is 17.2 Å². The number of phenolic OH excluding ortho intramolecular Hbond substituents is 1. The van der Waals surface area contributed by atoms with Gasteiger partial charge in [0.1, 0.15) is 0 Å². The SMILES string of the molecule is COC(=O)C=Cc1cc(OC)c(O)c(OC)c1. The summed E-state index contributed by atoms with van der Waals surface area (Å²) < 4.78 is 14.4. The van der Waals surface area contributed by atoms with Crippen LogP contribution >= 0.6 is 0 Å². The molecule has 0 heterocycles. The van der Waals surface area contributed by atoms with Crippen LogP contribution in [0, 0.1) is 0 Å². The Morgan fingerprint density at radius 3 is 2.12 bits per heavy atom. The standard InChI is InChI=1S/C12H14O5/c1-15-9-6-8(4-5-11(13)17-3)7-10(16-2)12(9)14/h4-7,14H,1-3H3. The minimum absolute atomic E-state index is 0.0785. The molecule has 1 rings (SSSR count). The number of ether oxygens (including phenoxy) is 3. The van der Waals surface area contributed by atoms with Crippen LogP contribution in [-0.2, 0) is 9.53 Å². The Kier molecular flexibility index (Phi) is 4.39. The molecule has 5 nitrogen and oxygen atoms in total. The zero-order chi connectivity index (χ0) is 12.8. The Balaban J connectivity index is 3.09. The smallest absolute Gasteiger partial charge is 0.330 e. The molecular formula is C12H14O5. The Morgan fingerprint density at radius 1 is 1.18 bits per heavy atom. The van der Waals surface area contributed by atoms with Crippen molar-refractivity contribution in [2.45, 2.75) is 0 Å². The summed E-state index contributed by atoms with van der Waals surface area (Å²) in [5.41, 5.74) is 0.655. The topological polar surface area (TPSA) is 65.0 Å². The summed E-state index contributed by atoms with van der Waals surface area (Å²) in [7, 11) is 4.16. The fourth-order valence-corrected chi connectivity index (χ4v) is 1.24. The molecule has 0 aliphatic rings. The van der Waals surface area contributed by atoms with Crippen LogP contribution < -0.4 is 9.47 Å². The number of aromatic hydroxyl groups is 1. The first-order valence-electron chi connectivity index (χ1n) is 4.83. The summed E-state index contributed by atoms with van der Waals surface area (Å²) in [6.45, 7) is 0. The summed E-state index contributed by atoms with van der Waals surface area (Å²) in [4.78, 5) is 10.9. The summed E-state index contributed by atoms with van der Waals surface area (Å²) >= 11 is 0. The average Bonchev–Trinajstić information content (AvgIpc) is 2.36. The lowest BCUT2D eigenvalue weighted by Gasteiger charge is -2.09. The summed E-state index contributed by atoms with van der Waals surface area (Å²) in [5.74, 6) is 0.00367. The molecule has 0 saturated carbocycles. The minimum atomic E-state index is -0.462. The molecule has 0 saturated heterocycles. The van der Waals surface area contributed by atoms with Crippen LogP contribution in [0.25, 0.3) is 6.08 Å². The van der Waals surface area contributed by atoms with Crippen LogP contribution in [-0.4, -0.2) is 32.4 Å². The maximum atomic E-state index is 10.9. The third kappa shape index (κ3) is 3.14. The van der Waals surface area contributed by atoms with Gasteiger partial charge in [-0.3, -0.25) is 0 Å². The molecule has 0 fully saturated rings. The number of carbonyl (C=O) groups is 1. The van der Waals surface area contributed by atoms with E-state index >= 15 is 0 Å². The zero-order valence-corrected chi connectivity index (χ0v) is 9.89. The van der Waals surface area contributed by atoms with Crippen molar-refractivity contribution < 1.29 is 24.1 Å². The third-order valence-corrected chi connectivity index (χ3v) is 2.12. The number of phenols is 1. The van der Waals surface area contributed by atoms with Gasteiger partial charge in [-0.15, -0.1) is 0 Å². The van der Waals surface area contributed by atoms with E-state index in [1.807, 2.05) is 0 Å². The zero-order valence-electron chi connectivity index (χ0n) is 9.89. The number of methoxy groups -OCH3 is 3. The molecular weight excluding hydrogens is 224 g/mol. The van der Waals surface area contributed by atoms with E-state index in [0.717, 1.165) is 0 Å². The van der Waals surface area contributed by atoms with Gasteiger partial charge < -0.3 is 19.3 Å². The number of rotatable bonds is 4. The highest BCUT2D eigenvalue weighted by Gasteiger charge is 2.09. The van der Waals surface area contributed by atoms with Crippen LogP contribution in [0.2, 0.25) is 0 Å². The first-order chi connectivity index (χ1) is 8.12. The maximum Gasteiger partial charge on any atom is 0.330 e. The van der Waals surface area contributed by atoms with Gasteiger partial charge in [0.15, 0.2) is 11.5 Å². The fraction of sp³-hybridized carbons (Fsp3) is 0.250. The Hall–Kier alpha value is -2.17. The molecule has 92 valence electrons. The summed E-state index contributed by atoms with van der Waals surface area (Å²) in [6, 6.07) is 3.16. The van der Waals surface area contributed by atoms with Gasteiger partial charge in [-0.25, -0.2) is 4.79 Å². The van der Waals surface area contributed by atoms with Crippen LogP contribution in [0.1, 0.15) is 5.56 Å². The van der Waals surface area contributed by atoms with Crippen LogP contribution in [0.3, 0.4) is 0 Å². The van der Waals surface area contributed by atoms with Crippen molar-refractivity contribution >= 4 is 12.0 Å². The highest BCUT2D eigenvalue weighted by Crippen LogP contribution is 2.37. The molecule has 1 N–H and O–H groups in total. The van der Waals surface area contributed by atoms with Crippen molar-refractivity contribution in [2.75, 3.05) is 21.3 Å². The molecule has 0 aliphatic heterocycles. The van der Waals surface area contributed by atoms with Crippen molar-refractivity contribution in [3.63, 3.8) is 0 Å². The second kappa shape index (κ2) is 5.79. The van der Waals surface area contributed by atoms with Gasteiger partial charge in [0.05, 0.1) is 21.3 Å². The van der Waals surface area contributed by atoms with E-state index in [1.165, 1.54) is 33.5 Å². The molecule has 0 bridgehead atoms. The van der Waals surface area contributed by atoms with E-state index in [1.54, 1.807) is 12.1 Å². The molecule has 0 spiro atoms. The van der Waals surface area contributed by atoms with Gasteiger partial charge in [-0.1, -0.05) is 0 Å². The van der Waals surface area contributed by atoms with Crippen LogP contribution in [0.5, 0.6) is 17.2 Å². The average molecular weight is 238 g/mol. The van der Waals surface area contributed by atoms with Crippen LogP contribution in [0.4, 0.5) is 0 Å². The molecule has 1 aromatic carbocycles. The van der Waals surface area contributed by atoms with Gasteiger partial charge in [0.25, 0.3) is 0 Å². The number of hydrogen-bond donors (Lipinski definition) is 1. The van der Waals surface area contributed by atoms with E-state index in [-0.39, 0.29) is 17.2 Å². The maximum absolute atomic E-state index is 10.9. The van der Waals surface area contributed by atoms with Gasteiger partial charge in [0, 0.05) is 6.08 Å². The van der Waals surface area contributed by atoms with E-state index in [4.69, 9.17) is 9.47 Å². The summed E-state index contributed by atoms with van der Waals surface area (Å²) in [6.07, 6.45) is 2.81. The highest BCUT2D eigenvalue weighted by atomic mass is 16.5. The van der Waals surface area contributed by atoms with Crippen molar-refractivity contribution in [2.24, 2.45) is 0 Å². The van der Waals surface area contributed by atoms with E-state index in [9.17, 15) is 9.90 Å². The number of carbonyl (C=O) groups excluding carboxylic acids is 1. The first kappa shape index (κ1) is 12.9. The molecule has 0 unspecified atom stereocenters. The predicted octanol–water partition coefficient (Wildman–Crippen LogP) is 1.60. The number of esters is 1. The molecule has 5 heteroatoms. The molecule has 1 aromatic rings. The molecule has 0 aliphatic carbocycles. The second-order valence-corrected chi connectivity index (χ2v) is 3.13. The van der Waals surface area contributed by atoms with Gasteiger partial charge in [-0.05, 0) is 23.8 Å². The number of benzene rings is 1. The Bertz CT molecular complexity index is 412. The van der Waals surface area contributed by atoms with Crippen LogP contribution in [0.15, 0.2) is 18.2 Å². The molecule has 0 aromatic heterocycles. The van der Waals surface area contributed by atoms with E-state index < -0.39 is 5.97 Å².